The van der Waals surface area contributed by atoms with Crippen molar-refractivity contribution in [3.63, 3.8) is 0 Å². The lowest BCUT2D eigenvalue weighted by Crippen LogP contribution is -2.31. The number of nitrogen functional groups attached to an aromatic ring is 1. The molecule has 0 aromatic heterocycles. The van der Waals surface area contributed by atoms with E-state index in [9.17, 15) is 0 Å². The molecule has 1 unspecified atom stereocenters. The molecule has 0 saturated carbocycles. The van der Waals surface area contributed by atoms with Gasteiger partial charge in [0, 0.05) is 25.4 Å². The van der Waals surface area contributed by atoms with Crippen molar-refractivity contribution in [2.45, 2.75) is 31.9 Å². The third-order valence-corrected chi connectivity index (χ3v) is 2.93. The zero-order chi connectivity index (χ0) is 11.2. The van der Waals surface area contributed by atoms with E-state index in [-0.39, 0.29) is 0 Å². The van der Waals surface area contributed by atoms with Gasteiger partial charge in [0.25, 0.3) is 0 Å². The van der Waals surface area contributed by atoms with Gasteiger partial charge in [0.1, 0.15) is 0 Å². The van der Waals surface area contributed by atoms with Crippen molar-refractivity contribution in [1.82, 2.24) is 5.32 Å². The summed E-state index contributed by atoms with van der Waals surface area (Å²) in [5, 5.41) is 3.42. The van der Waals surface area contributed by atoms with Gasteiger partial charge < -0.3 is 15.8 Å². The number of benzene rings is 1. The summed E-state index contributed by atoms with van der Waals surface area (Å²) in [7, 11) is 0. The Balaban J connectivity index is 1.71. The Morgan fingerprint density at radius 1 is 1.38 bits per heavy atom. The van der Waals surface area contributed by atoms with Crippen LogP contribution >= 0.6 is 0 Å². The quantitative estimate of drug-likeness (QED) is 0.762. The molecule has 1 fully saturated rings. The van der Waals surface area contributed by atoms with Crippen LogP contribution in [0.5, 0.6) is 0 Å². The molecule has 3 nitrogen and oxygen atoms in total. The minimum absolute atomic E-state index is 0.398. The second-order valence-corrected chi connectivity index (χ2v) is 4.36. The molecule has 3 N–H and O–H groups in total. The Morgan fingerprint density at radius 3 is 3.06 bits per heavy atom. The van der Waals surface area contributed by atoms with E-state index in [1.165, 1.54) is 24.8 Å². The standard InChI is InChI=1S/C13H20N2O/c14-12-5-3-4-11(8-12)9-15-10-13-6-1-2-7-16-13/h3-5,8,13,15H,1-2,6-7,9-10,14H2. The van der Waals surface area contributed by atoms with Crippen LogP contribution in [0, 0.1) is 0 Å². The van der Waals surface area contributed by atoms with Crippen molar-refractivity contribution in [3.8, 4) is 0 Å². The lowest BCUT2D eigenvalue weighted by molar-refractivity contribution is 0.0168. The first kappa shape index (κ1) is 11.4. The predicted octanol–water partition coefficient (Wildman–Crippen LogP) is 1.93. The molecule has 2 rings (SSSR count). The molecule has 88 valence electrons. The molecule has 1 aromatic carbocycles. The zero-order valence-corrected chi connectivity index (χ0v) is 9.61. The van der Waals surface area contributed by atoms with Crippen LogP contribution < -0.4 is 11.1 Å². The molecule has 0 radical (unpaired) electrons. The van der Waals surface area contributed by atoms with Crippen molar-refractivity contribution >= 4 is 5.69 Å². The van der Waals surface area contributed by atoms with Crippen LogP contribution in [0.3, 0.4) is 0 Å². The van der Waals surface area contributed by atoms with E-state index in [0.717, 1.165) is 25.4 Å². The highest BCUT2D eigenvalue weighted by molar-refractivity contribution is 5.40. The van der Waals surface area contributed by atoms with E-state index in [1.54, 1.807) is 0 Å². The van der Waals surface area contributed by atoms with E-state index < -0.39 is 0 Å². The Bertz CT molecular complexity index is 321. The van der Waals surface area contributed by atoms with Crippen LogP contribution in [0.1, 0.15) is 24.8 Å². The molecular formula is C13H20N2O. The fourth-order valence-corrected chi connectivity index (χ4v) is 2.05. The first-order chi connectivity index (χ1) is 7.84. The van der Waals surface area contributed by atoms with Crippen LogP contribution in [-0.2, 0) is 11.3 Å². The largest absolute Gasteiger partial charge is 0.399 e. The van der Waals surface area contributed by atoms with Crippen LogP contribution in [0.4, 0.5) is 5.69 Å². The molecule has 0 bridgehead atoms. The maximum atomic E-state index is 5.72. The number of rotatable bonds is 4. The Hall–Kier alpha value is -1.06. The highest BCUT2D eigenvalue weighted by atomic mass is 16.5. The molecule has 3 heteroatoms. The van der Waals surface area contributed by atoms with Gasteiger partial charge in [0.05, 0.1) is 6.10 Å². The first-order valence-electron chi connectivity index (χ1n) is 6.01. The number of hydrogen-bond acceptors (Lipinski definition) is 3. The van der Waals surface area contributed by atoms with Crippen LogP contribution in [0.2, 0.25) is 0 Å². The van der Waals surface area contributed by atoms with Gasteiger partial charge >= 0.3 is 0 Å². The van der Waals surface area contributed by atoms with Crippen molar-refractivity contribution < 1.29 is 4.74 Å². The van der Waals surface area contributed by atoms with Gasteiger partial charge in [-0.15, -0.1) is 0 Å². The molecule has 1 aromatic rings. The fraction of sp³-hybridized carbons (Fsp3) is 0.538. The minimum atomic E-state index is 0.398. The average Bonchev–Trinajstić information content (AvgIpc) is 2.30. The van der Waals surface area contributed by atoms with Crippen molar-refractivity contribution in [2.24, 2.45) is 0 Å². The zero-order valence-electron chi connectivity index (χ0n) is 9.61. The van der Waals surface area contributed by atoms with E-state index in [1.807, 2.05) is 18.2 Å². The number of nitrogens with two attached hydrogens (primary N) is 1. The van der Waals surface area contributed by atoms with Gasteiger partial charge in [-0.05, 0) is 37.0 Å². The summed E-state index contributed by atoms with van der Waals surface area (Å²) in [5.41, 5.74) is 7.78. The van der Waals surface area contributed by atoms with Crippen molar-refractivity contribution in [3.05, 3.63) is 29.8 Å². The summed E-state index contributed by atoms with van der Waals surface area (Å²) >= 11 is 0. The second-order valence-electron chi connectivity index (χ2n) is 4.36. The van der Waals surface area contributed by atoms with Gasteiger partial charge in [0.2, 0.25) is 0 Å². The SMILES string of the molecule is Nc1cccc(CNCC2CCCCO2)c1. The maximum absolute atomic E-state index is 5.72. The van der Waals surface area contributed by atoms with Gasteiger partial charge in [-0.2, -0.15) is 0 Å². The number of hydrogen-bond donors (Lipinski definition) is 2. The van der Waals surface area contributed by atoms with Gasteiger partial charge in [0.15, 0.2) is 0 Å². The van der Waals surface area contributed by atoms with Gasteiger partial charge in [-0.25, -0.2) is 0 Å². The molecule has 1 atom stereocenters. The topological polar surface area (TPSA) is 47.3 Å². The lowest BCUT2D eigenvalue weighted by Gasteiger charge is -2.22. The Kier molecular flexibility index (Phi) is 4.19. The van der Waals surface area contributed by atoms with Crippen LogP contribution in [0.25, 0.3) is 0 Å². The maximum Gasteiger partial charge on any atom is 0.0699 e. The van der Waals surface area contributed by atoms with E-state index in [4.69, 9.17) is 10.5 Å². The molecule has 1 saturated heterocycles. The molecule has 1 aliphatic rings. The highest BCUT2D eigenvalue weighted by Gasteiger charge is 2.12. The van der Waals surface area contributed by atoms with Crippen LogP contribution in [0.15, 0.2) is 24.3 Å². The number of nitrogens with one attached hydrogen (secondary N) is 1. The van der Waals surface area contributed by atoms with Crippen molar-refractivity contribution in [1.29, 1.82) is 0 Å². The highest BCUT2D eigenvalue weighted by Crippen LogP contribution is 2.12. The normalized spacial score (nSPS) is 20.9. The molecule has 0 aliphatic carbocycles. The van der Waals surface area contributed by atoms with E-state index in [2.05, 4.69) is 11.4 Å². The van der Waals surface area contributed by atoms with Crippen LogP contribution in [-0.4, -0.2) is 19.3 Å². The van der Waals surface area contributed by atoms with Gasteiger partial charge in [-0.3, -0.25) is 0 Å². The number of anilines is 1. The average molecular weight is 220 g/mol. The summed E-state index contributed by atoms with van der Waals surface area (Å²) in [5.74, 6) is 0. The first-order valence-corrected chi connectivity index (χ1v) is 6.01. The summed E-state index contributed by atoms with van der Waals surface area (Å²) in [4.78, 5) is 0. The summed E-state index contributed by atoms with van der Waals surface area (Å²) in [6.45, 7) is 2.73. The summed E-state index contributed by atoms with van der Waals surface area (Å²) in [6.07, 6.45) is 4.09. The second kappa shape index (κ2) is 5.87. The number of ether oxygens (including phenoxy) is 1. The molecule has 1 heterocycles. The summed E-state index contributed by atoms with van der Waals surface area (Å²) < 4.78 is 5.65. The monoisotopic (exact) mass is 220 g/mol. The summed E-state index contributed by atoms with van der Waals surface area (Å²) in [6, 6.07) is 8.00. The molecule has 0 spiro atoms. The van der Waals surface area contributed by atoms with E-state index >= 15 is 0 Å². The lowest BCUT2D eigenvalue weighted by atomic mass is 10.1. The van der Waals surface area contributed by atoms with E-state index in [0.29, 0.717) is 6.10 Å². The fourth-order valence-electron chi connectivity index (χ4n) is 2.05. The van der Waals surface area contributed by atoms with Gasteiger partial charge in [-0.1, -0.05) is 12.1 Å². The Morgan fingerprint density at radius 2 is 2.31 bits per heavy atom. The molecule has 16 heavy (non-hydrogen) atoms. The molecular weight excluding hydrogens is 200 g/mol. The third kappa shape index (κ3) is 3.51. The third-order valence-electron chi connectivity index (χ3n) is 2.93. The van der Waals surface area contributed by atoms with Crippen molar-refractivity contribution in [2.75, 3.05) is 18.9 Å². The molecule has 0 amide bonds. The smallest absolute Gasteiger partial charge is 0.0699 e. The molecule has 1 aliphatic heterocycles. The Labute approximate surface area is 97.0 Å². The minimum Gasteiger partial charge on any atom is -0.399 e. The predicted molar refractivity (Wildman–Crippen MR) is 66.2 cm³/mol.